The Labute approximate surface area is 187 Å². The lowest BCUT2D eigenvalue weighted by Crippen LogP contribution is -2.31. The van der Waals surface area contributed by atoms with Crippen LogP contribution in [0.15, 0.2) is 77.7 Å². The minimum absolute atomic E-state index is 0.166. The highest BCUT2D eigenvalue weighted by Crippen LogP contribution is 2.16. The molecule has 1 amide bonds. The van der Waals surface area contributed by atoms with E-state index in [1.54, 1.807) is 13.8 Å². The van der Waals surface area contributed by atoms with Crippen LogP contribution in [0.5, 0.6) is 5.75 Å². The first-order valence-corrected chi connectivity index (χ1v) is 11.6. The van der Waals surface area contributed by atoms with Gasteiger partial charge in [-0.05, 0) is 55.3 Å². The molecule has 0 unspecified atom stereocenters. The zero-order valence-corrected chi connectivity index (χ0v) is 18.7. The number of ether oxygens (including phenoxy) is 1. The van der Waals surface area contributed by atoms with Gasteiger partial charge in [-0.25, -0.2) is 17.5 Å². The van der Waals surface area contributed by atoms with E-state index in [1.807, 2.05) is 54.6 Å². The number of rotatable bonds is 9. The fraction of sp³-hybridized carbons (Fsp3) is 0.208. The van der Waals surface area contributed by atoms with Crippen LogP contribution in [0, 0.1) is 5.82 Å². The largest absolute Gasteiger partial charge is 0.489 e. The van der Waals surface area contributed by atoms with Crippen LogP contribution in [0.1, 0.15) is 35.3 Å². The van der Waals surface area contributed by atoms with Crippen LogP contribution in [-0.2, 0) is 23.2 Å². The molecule has 0 saturated carbocycles. The Kier molecular flexibility index (Phi) is 7.61. The molecule has 0 spiro atoms. The Bertz CT molecular complexity index is 1160. The highest BCUT2D eigenvalue weighted by atomic mass is 32.2. The first-order chi connectivity index (χ1) is 15.2. The number of carbonyl (C=O) groups excluding carboxylic acids is 1. The summed E-state index contributed by atoms with van der Waals surface area (Å²) >= 11 is 0. The molecule has 6 nitrogen and oxygen atoms in total. The van der Waals surface area contributed by atoms with Gasteiger partial charge in [0.05, 0.1) is 10.5 Å². The van der Waals surface area contributed by atoms with E-state index < -0.39 is 21.7 Å². The average molecular weight is 457 g/mol. The summed E-state index contributed by atoms with van der Waals surface area (Å²) in [7, 11) is -3.84. The second-order valence-electron chi connectivity index (χ2n) is 7.52. The van der Waals surface area contributed by atoms with E-state index in [9.17, 15) is 17.6 Å². The van der Waals surface area contributed by atoms with Crippen LogP contribution in [0.25, 0.3) is 0 Å². The average Bonchev–Trinajstić information content (AvgIpc) is 2.77. The molecule has 32 heavy (non-hydrogen) atoms. The quantitative estimate of drug-likeness (QED) is 0.509. The lowest BCUT2D eigenvalue weighted by atomic mass is 10.1. The number of halogens is 1. The smallest absolute Gasteiger partial charge is 0.254 e. The summed E-state index contributed by atoms with van der Waals surface area (Å²) < 4.78 is 46.9. The van der Waals surface area contributed by atoms with Gasteiger partial charge in [-0.15, -0.1) is 0 Å². The van der Waals surface area contributed by atoms with Gasteiger partial charge < -0.3 is 10.1 Å². The van der Waals surface area contributed by atoms with Crippen LogP contribution >= 0.6 is 0 Å². The summed E-state index contributed by atoms with van der Waals surface area (Å²) in [5.74, 6) is -0.710. The third-order valence-electron chi connectivity index (χ3n) is 4.51. The van der Waals surface area contributed by atoms with Gasteiger partial charge in [-0.2, -0.15) is 0 Å². The zero-order chi connectivity index (χ0) is 23.1. The van der Waals surface area contributed by atoms with Gasteiger partial charge in [0, 0.05) is 12.6 Å². The predicted octanol–water partition coefficient (Wildman–Crippen LogP) is 4.02. The van der Waals surface area contributed by atoms with E-state index in [1.165, 1.54) is 0 Å². The standard InChI is InChI=1S/C24H25FN2O4S/c1-17(2)27-32(29,30)21-12-13-23(25)22(14-21)24(28)26-15-18-8-10-19(11-9-18)16-31-20-6-4-3-5-7-20/h3-14,17,27H,15-16H2,1-2H3,(H,26,28). The summed E-state index contributed by atoms with van der Waals surface area (Å²) in [6.07, 6.45) is 0. The first-order valence-electron chi connectivity index (χ1n) is 10.1. The van der Waals surface area contributed by atoms with E-state index in [2.05, 4.69) is 10.0 Å². The molecule has 0 saturated heterocycles. The molecular weight excluding hydrogens is 431 g/mol. The van der Waals surface area contributed by atoms with Crippen molar-refractivity contribution in [3.8, 4) is 5.75 Å². The van der Waals surface area contributed by atoms with Crippen molar-refractivity contribution in [1.29, 1.82) is 0 Å². The molecule has 0 atom stereocenters. The van der Waals surface area contributed by atoms with Crippen molar-refractivity contribution < 1.29 is 22.3 Å². The maximum Gasteiger partial charge on any atom is 0.254 e. The van der Waals surface area contributed by atoms with Crippen molar-refractivity contribution in [2.75, 3.05) is 0 Å². The van der Waals surface area contributed by atoms with Gasteiger partial charge >= 0.3 is 0 Å². The van der Waals surface area contributed by atoms with Gasteiger partial charge in [0.25, 0.3) is 5.91 Å². The Morgan fingerprint density at radius 3 is 2.28 bits per heavy atom. The first kappa shape index (κ1) is 23.4. The Balaban J connectivity index is 1.61. The number of carbonyl (C=O) groups is 1. The van der Waals surface area contributed by atoms with E-state index in [0.29, 0.717) is 6.61 Å². The molecule has 0 aliphatic rings. The van der Waals surface area contributed by atoms with E-state index in [0.717, 1.165) is 35.1 Å². The Hall–Kier alpha value is -3.23. The molecule has 3 aromatic carbocycles. The molecule has 0 aromatic heterocycles. The highest BCUT2D eigenvalue weighted by molar-refractivity contribution is 7.89. The fourth-order valence-corrected chi connectivity index (χ4v) is 4.22. The van der Waals surface area contributed by atoms with Crippen LogP contribution in [0.4, 0.5) is 4.39 Å². The maximum absolute atomic E-state index is 14.2. The molecule has 0 bridgehead atoms. The molecule has 3 rings (SSSR count). The van der Waals surface area contributed by atoms with E-state index in [4.69, 9.17) is 4.74 Å². The Morgan fingerprint density at radius 2 is 1.62 bits per heavy atom. The second-order valence-corrected chi connectivity index (χ2v) is 9.23. The zero-order valence-electron chi connectivity index (χ0n) is 17.8. The normalized spacial score (nSPS) is 11.4. The lowest BCUT2D eigenvalue weighted by Gasteiger charge is -2.12. The molecule has 0 radical (unpaired) electrons. The third-order valence-corrected chi connectivity index (χ3v) is 6.16. The van der Waals surface area contributed by atoms with Gasteiger partial charge in [-0.1, -0.05) is 42.5 Å². The number of sulfonamides is 1. The molecule has 0 aliphatic carbocycles. The topological polar surface area (TPSA) is 84.5 Å². The number of hydrogen-bond donors (Lipinski definition) is 2. The number of amides is 1. The minimum atomic E-state index is -3.84. The fourth-order valence-electron chi connectivity index (χ4n) is 2.94. The Morgan fingerprint density at radius 1 is 0.969 bits per heavy atom. The summed E-state index contributed by atoms with van der Waals surface area (Å²) in [5, 5.41) is 2.63. The number of para-hydroxylation sites is 1. The van der Waals surface area contributed by atoms with Crippen LogP contribution in [0.3, 0.4) is 0 Å². The predicted molar refractivity (Wildman–Crippen MR) is 120 cm³/mol. The van der Waals surface area contributed by atoms with Gasteiger partial charge in [-0.3, -0.25) is 4.79 Å². The number of nitrogens with one attached hydrogen (secondary N) is 2. The molecule has 0 fully saturated rings. The van der Waals surface area contributed by atoms with Crippen molar-refractivity contribution in [2.24, 2.45) is 0 Å². The van der Waals surface area contributed by atoms with Crippen LogP contribution in [-0.4, -0.2) is 20.4 Å². The van der Waals surface area contributed by atoms with Gasteiger partial charge in [0.1, 0.15) is 18.2 Å². The van der Waals surface area contributed by atoms with Gasteiger partial charge in [0.2, 0.25) is 10.0 Å². The molecule has 8 heteroatoms. The van der Waals surface area contributed by atoms with E-state index in [-0.39, 0.29) is 23.0 Å². The second kappa shape index (κ2) is 10.4. The summed E-state index contributed by atoms with van der Waals surface area (Å²) in [5.41, 5.74) is 1.45. The number of hydrogen-bond acceptors (Lipinski definition) is 4. The van der Waals surface area contributed by atoms with Crippen LogP contribution < -0.4 is 14.8 Å². The van der Waals surface area contributed by atoms with Crippen LogP contribution in [0.2, 0.25) is 0 Å². The summed E-state index contributed by atoms with van der Waals surface area (Å²) in [6, 6.07) is 19.7. The molecule has 3 aromatic rings. The van der Waals surface area contributed by atoms with Crippen molar-refractivity contribution in [1.82, 2.24) is 10.0 Å². The molecular formula is C24H25FN2O4S. The van der Waals surface area contributed by atoms with E-state index >= 15 is 0 Å². The molecule has 0 aliphatic heterocycles. The SMILES string of the molecule is CC(C)NS(=O)(=O)c1ccc(F)c(C(=O)NCc2ccc(COc3ccccc3)cc2)c1. The van der Waals surface area contributed by atoms with Crippen molar-refractivity contribution in [3.63, 3.8) is 0 Å². The molecule has 2 N–H and O–H groups in total. The lowest BCUT2D eigenvalue weighted by molar-refractivity contribution is 0.0946. The molecule has 168 valence electrons. The summed E-state index contributed by atoms with van der Waals surface area (Å²) in [6.45, 7) is 3.92. The van der Waals surface area contributed by atoms with Gasteiger partial charge in [0.15, 0.2) is 0 Å². The van der Waals surface area contributed by atoms with Crippen molar-refractivity contribution in [3.05, 3.63) is 95.3 Å². The highest BCUT2D eigenvalue weighted by Gasteiger charge is 2.20. The number of benzene rings is 3. The third kappa shape index (κ3) is 6.38. The minimum Gasteiger partial charge on any atom is -0.489 e. The molecule has 0 heterocycles. The maximum atomic E-state index is 14.2. The van der Waals surface area contributed by atoms with Crippen molar-refractivity contribution >= 4 is 15.9 Å². The summed E-state index contributed by atoms with van der Waals surface area (Å²) in [4.78, 5) is 12.3. The monoisotopic (exact) mass is 456 g/mol. The van der Waals surface area contributed by atoms with Crippen molar-refractivity contribution in [2.45, 2.75) is 37.9 Å².